The highest BCUT2D eigenvalue weighted by molar-refractivity contribution is 6.06. The van der Waals surface area contributed by atoms with E-state index in [2.05, 4.69) is 5.32 Å². The van der Waals surface area contributed by atoms with Crippen LogP contribution in [0.5, 0.6) is 11.5 Å². The van der Waals surface area contributed by atoms with Gasteiger partial charge in [-0.25, -0.2) is 0 Å². The summed E-state index contributed by atoms with van der Waals surface area (Å²) in [5.41, 5.74) is 3.28. The van der Waals surface area contributed by atoms with Crippen molar-refractivity contribution in [2.75, 3.05) is 11.9 Å². The van der Waals surface area contributed by atoms with E-state index in [1.165, 1.54) is 11.8 Å². The van der Waals surface area contributed by atoms with Gasteiger partial charge in [-0.1, -0.05) is 36.4 Å². The molecule has 0 fully saturated rings. The van der Waals surface area contributed by atoms with Gasteiger partial charge in [-0.15, -0.1) is 0 Å². The molecule has 6 heteroatoms. The van der Waals surface area contributed by atoms with Crippen LogP contribution in [0.15, 0.2) is 95.6 Å². The van der Waals surface area contributed by atoms with E-state index < -0.39 is 0 Å². The molecule has 5 rings (SSSR count). The van der Waals surface area contributed by atoms with Gasteiger partial charge in [0, 0.05) is 18.8 Å². The Labute approximate surface area is 191 Å². The van der Waals surface area contributed by atoms with Gasteiger partial charge in [0.25, 0.3) is 11.8 Å². The van der Waals surface area contributed by atoms with Crippen molar-refractivity contribution in [2.24, 2.45) is 0 Å². The number of carbonyl (C=O) groups is 2. The number of nitrogens with one attached hydrogen (secondary N) is 1. The van der Waals surface area contributed by atoms with Gasteiger partial charge in [0.2, 0.25) is 0 Å². The fourth-order valence-electron chi connectivity index (χ4n) is 3.92. The predicted octanol–water partition coefficient (Wildman–Crippen LogP) is 5.52. The second kappa shape index (κ2) is 9.04. The standard InChI is InChI=1S/C27H22N2O4/c30-26(23-9-4-5-10-24(23)33-22-7-2-1-3-8-22)28-21-13-12-19-14-15-29(18-20(19)17-21)27(31)25-11-6-16-32-25/h1-13,16-17H,14-15,18H2,(H,28,30). The molecule has 0 bridgehead atoms. The topological polar surface area (TPSA) is 71.8 Å². The third-order valence-electron chi connectivity index (χ3n) is 5.60. The molecular weight excluding hydrogens is 416 g/mol. The van der Waals surface area contributed by atoms with Crippen LogP contribution in [0.1, 0.15) is 32.0 Å². The Morgan fingerprint density at radius 3 is 2.52 bits per heavy atom. The Kier molecular flexibility index (Phi) is 5.64. The summed E-state index contributed by atoms with van der Waals surface area (Å²) >= 11 is 0. The molecule has 6 nitrogen and oxygen atoms in total. The van der Waals surface area contributed by atoms with Crippen LogP contribution in [0.4, 0.5) is 5.69 Å². The van der Waals surface area contributed by atoms with E-state index in [1.807, 2.05) is 54.6 Å². The molecule has 1 aromatic heterocycles. The lowest BCUT2D eigenvalue weighted by atomic mass is 9.98. The Bertz CT molecular complexity index is 1280. The van der Waals surface area contributed by atoms with Crippen molar-refractivity contribution in [1.29, 1.82) is 0 Å². The Hall–Kier alpha value is -4.32. The molecule has 2 amide bonds. The number of ether oxygens (including phenoxy) is 1. The predicted molar refractivity (Wildman–Crippen MR) is 125 cm³/mol. The summed E-state index contributed by atoms with van der Waals surface area (Å²) in [7, 11) is 0. The molecule has 1 N–H and O–H groups in total. The average Bonchev–Trinajstić information content (AvgIpc) is 3.39. The normalized spacial score (nSPS) is 12.7. The zero-order chi connectivity index (χ0) is 22.6. The molecule has 4 aromatic rings. The quantitative estimate of drug-likeness (QED) is 0.445. The van der Waals surface area contributed by atoms with Gasteiger partial charge in [-0.05, 0) is 66.1 Å². The van der Waals surface area contributed by atoms with E-state index in [4.69, 9.17) is 9.15 Å². The number of anilines is 1. The zero-order valence-corrected chi connectivity index (χ0v) is 17.9. The fraction of sp³-hybridized carbons (Fsp3) is 0.111. The van der Waals surface area contributed by atoms with Crippen molar-refractivity contribution in [1.82, 2.24) is 4.90 Å². The minimum absolute atomic E-state index is 0.132. The third-order valence-corrected chi connectivity index (χ3v) is 5.60. The largest absolute Gasteiger partial charge is 0.459 e. The van der Waals surface area contributed by atoms with Crippen LogP contribution in [0.3, 0.4) is 0 Å². The molecule has 0 radical (unpaired) electrons. The number of para-hydroxylation sites is 2. The highest BCUT2D eigenvalue weighted by Gasteiger charge is 2.24. The first-order valence-corrected chi connectivity index (χ1v) is 10.8. The Morgan fingerprint density at radius 2 is 1.70 bits per heavy atom. The maximum absolute atomic E-state index is 13.1. The maximum atomic E-state index is 13.1. The highest BCUT2D eigenvalue weighted by atomic mass is 16.5. The molecule has 0 unspecified atom stereocenters. The van der Waals surface area contributed by atoms with E-state index >= 15 is 0 Å². The second-order valence-electron chi connectivity index (χ2n) is 7.80. The number of amides is 2. The Balaban J connectivity index is 1.33. The number of fused-ring (bicyclic) bond motifs is 1. The van der Waals surface area contributed by atoms with E-state index in [0.29, 0.717) is 41.6 Å². The van der Waals surface area contributed by atoms with Gasteiger partial charge in [0.15, 0.2) is 5.76 Å². The number of hydrogen-bond acceptors (Lipinski definition) is 4. The zero-order valence-electron chi connectivity index (χ0n) is 17.9. The first kappa shape index (κ1) is 20.6. The number of benzene rings is 3. The lowest BCUT2D eigenvalue weighted by Crippen LogP contribution is -2.35. The minimum Gasteiger partial charge on any atom is -0.459 e. The van der Waals surface area contributed by atoms with Gasteiger partial charge in [-0.2, -0.15) is 0 Å². The Morgan fingerprint density at radius 1 is 0.879 bits per heavy atom. The van der Waals surface area contributed by atoms with Crippen LogP contribution in [0.25, 0.3) is 0 Å². The summed E-state index contributed by atoms with van der Waals surface area (Å²) < 4.78 is 11.2. The van der Waals surface area contributed by atoms with Crippen molar-refractivity contribution in [3.05, 3.63) is 114 Å². The van der Waals surface area contributed by atoms with Crippen molar-refractivity contribution in [3.8, 4) is 11.5 Å². The fourth-order valence-corrected chi connectivity index (χ4v) is 3.92. The molecule has 0 saturated heterocycles. The SMILES string of the molecule is O=C(Nc1ccc2c(c1)CN(C(=O)c1ccco1)CC2)c1ccccc1Oc1ccccc1. The molecule has 2 heterocycles. The van der Waals surface area contributed by atoms with Crippen LogP contribution < -0.4 is 10.1 Å². The molecule has 0 spiro atoms. The van der Waals surface area contributed by atoms with Gasteiger partial charge in [0.05, 0.1) is 11.8 Å². The molecule has 1 aliphatic heterocycles. The molecule has 0 aliphatic carbocycles. The van der Waals surface area contributed by atoms with Gasteiger partial charge in [0.1, 0.15) is 11.5 Å². The van der Waals surface area contributed by atoms with Crippen molar-refractivity contribution in [2.45, 2.75) is 13.0 Å². The highest BCUT2D eigenvalue weighted by Crippen LogP contribution is 2.27. The number of carbonyl (C=O) groups excluding carboxylic acids is 2. The van der Waals surface area contributed by atoms with Crippen LogP contribution in [-0.4, -0.2) is 23.3 Å². The van der Waals surface area contributed by atoms with E-state index in [9.17, 15) is 9.59 Å². The molecule has 164 valence electrons. The van der Waals surface area contributed by atoms with Crippen LogP contribution in [-0.2, 0) is 13.0 Å². The number of nitrogens with zero attached hydrogens (tertiary/aromatic N) is 1. The van der Waals surface area contributed by atoms with Gasteiger partial charge in [-0.3, -0.25) is 9.59 Å². The van der Waals surface area contributed by atoms with Crippen molar-refractivity contribution < 1.29 is 18.7 Å². The van der Waals surface area contributed by atoms with Crippen LogP contribution in [0, 0.1) is 0 Å². The summed E-state index contributed by atoms with van der Waals surface area (Å²) in [4.78, 5) is 27.5. The van der Waals surface area contributed by atoms with Crippen LogP contribution in [0.2, 0.25) is 0 Å². The van der Waals surface area contributed by atoms with Crippen molar-refractivity contribution in [3.63, 3.8) is 0 Å². The first-order chi connectivity index (χ1) is 16.2. The lowest BCUT2D eigenvalue weighted by molar-refractivity contribution is 0.0702. The number of furan rings is 1. The smallest absolute Gasteiger partial charge is 0.289 e. The van der Waals surface area contributed by atoms with Crippen LogP contribution >= 0.6 is 0 Å². The molecule has 0 atom stereocenters. The number of hydrogen-bond donors (Lipinski definition) is 1. The molecular formula is C27H22N2O4. The van der Waals surface area contributed by atoms with Gasteiger partial charge < -0.3 is 19.4 Å². The van der Waals surface area contributed by atoms with E-state index in [-0.39, 0.29) is 11.8 Å². The molecule has 33 heavy (non-hydrogen) atoms. The monoisotopic (exact) mass is 438 g/mol. The molecule has 3 aromatic carbocycles. The average molecular weight is 438 g/mol. The molecule has 0 saturated carbocycles. The van der Waals surface area contributed by atoms with E-state index in [0.717, 1.165) is 12.0 Å². The molecule has 1 aliphatic rings. The second-order valence-corrected chi connectivity index (χ2v) is 7.80. The number of rotatable bonds is 5. The first-order valence-electron chi connectivity index (χ1n) is 10.8. The van der Waals surface area contributed by atoms with E-state index in [1.54, 1.807) is 35.2 Å². The van der Waals surface area contributed by atoms with Crippen molar-refractivity contribution >= 4 is 17.5 Å². The third kappa shape index (κ3) is 4.50. The summed E-state index contributed by atoms with van der Waals surface area (Å²) in [5, 5.41) is 2.97. The minimum atomic E-state index is -0.263. The summed E-state index contributed by atoms with van der Waals surface area (Å²) in [6.07, 6.45) is 2.25. The summed E-state index contributed by atoms with van der Waals surface area (Å²) in [6, 6.07) is 25.7. The van der Waals surface area contributed by atoms with Gasteiger partial charge >= 0.3 is 0 Å². The lowest BCUT2D eigenvalue weighted by Gasteiger charge is -2.28. The summed E-state index contributed by atoms with van der Waals surface area (Å²) in [5.74, 6) is 1.08. The maximum Gasteiger partial charge on any atom is 0.289 e. The summed E-state index contributed by atoms with van der Waals surface area (Å²) in [6.45, 7) is 1.09.